The third kappa shape index (κ3) is 4.71. The van der Waals surface area contributed by atoms with Crippen LogP contribution in [0.25, 0.3) is 0 Å². The SMILES string of the molecule is CC[C@@H]1CCCCN1C(=O)CCNC(=O)c1cccc(OC)c1. The average molecular weight is 318 g/mol. The summed E-state index contributed by atoms with van der Waals surface area (Å²) in [5.41, 5.74) is 0.543. The van der Waals surface area contributed by atoms with Gasteiger partial charge in [0.05, 0.1) is 7.11 Å². The fraction of sp³-hybridized carbons (Fsp3) is 0.556. The number of methoxy groups -OCH3 is 1. The second kappa shape index (κ2) is 8.56. The zero-order valence-corrected chi connectivity index (χ0v) is 14.0. The molecular weight excluding hydrogens is 292 g/mol. The monoisotopic (exact) mass is 318 g/mol. The number of piperidine rings is 1. The molecule has 1 aliphatic heterocycles. The molecule has 0 spiro atoms. The van der Waals surface area contributed by atoms with Crippen LogP contribution in [0.15, 0.2) is 24.3 Å². The molecule has 1 heterocycles. The van der Waals surface area contributed by atoms with Crippen molar-refractivity contribution in [3.05, 3.63) is 29.8 Å². The fourth-order valence-electron chi connectivity index (χ4n) is 3.05. The number of carbonyl (C=O) groups is 2. The third-order valence-corrected chi connectivity index (χ3v) is 4.38. The van der Waals surface area contributed by atoms with E-state index in [0.29, 0.717) is 30.3 Å². The number of hydrogen-bond acceptors (Lipinski definition) is 3. The van der Waals surface area contributed by atoms with Crippen LogP contribution in [0.4, 0.5) is 0 Å². The summed E-state index contributed by atoms with van der Waals surface area (Å²) in [7, 11) is 1.57. The molecule has 0 radical (unpaired) electrons. The molecule has 0 bridgehead atoms. The number of amides is 2. The number of nitrogens with one attached hydrogen (secondary N) is 1. The van der Waals surface area contributed by atoms with Gasteiger partial charge in [-0.15, -0.1) is 0 Å². The highest BCUT2D eigenvalue weighted by atomic mass is 16.5. The van der Waals surface area contributed by atoms with Crippen molar-refractivity contribution < 1.29 is 14.3 Å². The Morgan fingerprint density at radius 3 is 2.91 bits per heavy atom. The quantitative estimate of drug-likeness (QED) is 0.877. The van der Waals surface area contributed by atoms with Gasteiger partial charge < -0.3 is 15.0 Å². The molecule has 1 atom stereocenters. The third-order valence-electron chi connectivity index (χ3n) is 4.38. The lowest BCUT2D eigenvalue weighted by atomic mass is 9.99. The van der Waals surface area contributed by atoms with Gasteiger partial charge >= 0.3 is 0 Å². The minimum absolute atomic E-state index is 0.141. The van der Waals surface area contributed by atoms with E-state index in [2.05, 4.69) is 12.2 Å². The molecule has 2 amide bonds. The average Bonchev–Trinajstić information content (AvgIpc) is 2.61. The Balaban J connectivity index is 1.81. The van der Waals surface area contributed by atoms with Crippen LogP contribution in [0, 0.1) is 0 Å². The molecule has 2 rings (SSSR count). The van der Waals surface area contributed by atoms with Crippen LogP contribution >= 0.6 is 0 Å². The van der Waals surface area contributed by atoms with Crippen molar-refractivity contribution in [1.29, 1.82) is 0 Å². The molecule has 1 aromatic rings. The van der Waals surface area contributed by atoms with Gasteiger partial charge in [-0.2, -0.15) is 0 Å². The highest BCUT2D eigenvalue weighted by molar-refractivity contribution is 5.94. The molecule has 1 N–H and O–H groups in total. The second-order valence-electron chi connectivity index (χ2n) is 5.88. The summed E-state index contributed by atoms with van der Waals surface area (Å²) in [6.45, 7) is 3.34. The first kappa shape index (κ1) is 17.3. The first-order valence-electron chi connectivity index (χ1n) is 8.37. The van der Waals surface area contributed by atoms with Gasteiger partial charge in [-0.25, -0.2) is 0 Å². The van der Waals surface area contributed by atoms with E-state index >= 15 is 0 Å². The lowest BCUT2D eigenvalue weighted by Gasteiger charge is -2.35. The normalized spacial score (nSPS) is 17.7. The maximum atomic E-state index is 12.3. The van der Waals surface area contributed by atoms with Crippen molar-refractivity contribution in [2.24, 2.45) is 0 Å². The second-order valence-corrected chi connectivity index (χ2v) is 5.88. The predicted molar refractivity (Wildman–Crippen MR) is 89.6 cm³/mol. The molecule has 1 aliphatic rings. The number of carbonyl (C=O) groups excluding carboxylic acids is 2. The van der Waals surface area contributed by atoms with Gasteiger partial charge in [0.25, 0.3) is 5.91 Å². The number of rotatable bonds is 6. The van der Waals surface area contributed by atoms with Crippen LogP contribution in [0.3, 0.4) is 0 Å². The topological polar surface area (TPSA) is 58.6 Å². The molecule has 5 heteroatoms. The van der Waals surface area contributed by atoms with Crippen molar-refractivity contribution in [1.82, 2.24) is 10.2 Å². The van der Waals surface area contributed by atoms with Crippen LogP contribution in [-0.4, -0.2) is 43.0 Å². The Morgan fingerprint density at radius 2 is 2.17 bits per heavy atom. The van der Waals surface area contributed by atoms with E-state index in [9.17, 15) is 9.59 Å². The Morgan fingerprint density at radius 1 is 1.35 bits per heavy atom. The van der Waals surface area contributed by atoms with Crippen LogP contribution in [0.2, 0.25) is 0 Å². The molecule has 23 heavy (non-hydrogen) atoms. The lowest BCUT2D eigenvalue weighted by molar-refractivity contribution is -0.134. The molecule has 0 aliphatic carbocycles. The zero-order valence-electron chi connectivity index (χ0n) is 14.0. The maximum absolute atomic E-state index is 12.3. The summed E-state index contributed by atoms with van der Waals surface area (Å²) in [6.07, 6.45) is 4.74. The summed E-state index contributed by atoms with van der Waals surface area (Å²) >= 11 is 0. The summed E-state index contributed by atoms with van der Waals surface area (Å²) < 4.78 is 5.11. The standard InChI is InChI=1S/C18H26N2O3/c1-3-15-8-4-5-12-20(15)17(21)10-11-19-18(22)14-7-6-9-16(13-14)23-2/h6-7,9,13,15H,3-5,8,10-12H2,1-2H3,(H,19,22)/t15-/m1/s1. The van der Waals surface area contributed by atoms with E-state index in [-0.39, 0.29) is 11.8 Å². The Hall–Kier alpha value is -2.04. The molecule has 126 valence electrons. The molecule has 5 nitrogen and oxygen atoms in total. The first-order valence-corrected chi connectivity index (χ1v) is 8.37. The summed E-state index contributed by atoms with van der Waals surface area (Å²) in [6, 6.07) is 7.36. The smallest absolute Gasteiger partial charge is 0.251 e. The van der Waals surface area contributed by atoms with Gasteiger partial charge in [0.1, 0.15) is 5.75 Å². The minimum Gasteiger partial charge on any atom is -0.497 e. The van der Waals surface area contributed by atoms with Gasteiger partial charge in [0, 0.05) is 31.1 Å². The molecule has 0 unspecified atom stereocenters. The van der Waals surface area contributed by atoms with Crippen LogP contribution in [0.1, 0.15) is 49.4 Å². The van der Waals surface area contributed by atoms with Crippen molar-refractivity contribution in [3.8, 4) is 5.75 Å². The number of hydrogen-bond donors (Lipinski definition) is 1. The summed E-state index contributed by atoms with van der Waals surface area (Å²) in [5, 5.41) is 2.81. The molecular formula is C18H26N2O3. The van der Waals surface area contributed by atoms with E-state index < -0.39 is 0 Å². The van der Waals surface area contributed by atoms with E-state index in [4.69, 9.17) is 4.74 Å². The van der Waals surface area contributed by atoms with Gasteiger partial charge in [-0.05, 0) is 43.9 Å². The van der Waals surface area contributed by atoms with E-state index in [1.54, 1.807) is 31.4 Å². The number of ether oxygens (including phenoxy) is 1. The largest absolute Gasteiger partial charge is 0.497 e. The van der Waals surface area contributed by atoms with Gasteiger partial charge in [-0.3, -0.25) is 9.59 Å². The fourth-order valence-corrected chi connectivity index (χ4v) is 3.05. The van der Waals surface area contributed by atoms with Crippen LogP contribution in [0.5, 0.6) is 5.75 Å². The van der Waals surface area contributed by atoms with Crippen molar-refractivity contribution in [3.63, 3.8) is 0 Å². The minimum atomic E-state index is -0.178. The van der Waals surface area contributed by atoms with Gasteiger partial charge in [0.2, 0.25) is 5.91 Å². The van der Waals surface area contributed by atoms with Crippen LogP contribution < -0.4 is 10.1 Å². The van der Waals surface area contributed by atoms with Crippen molar-refractivity contribution in [2.45, 2.75) is 45.1 Å². The zero-order chi connectivity index (χ0) is 16.7. The van der Waals surface area contributed by atoms with E-state index in [1.807, 2.05) is 4.90 Å². The molecule has 0 aromatic heterocycles. The number of likely N-dealkylation sites (tertiary alicyclic amines) is 1. The predicted octanol–water partition coefficient (Wildman–Crippen LogP) is 2.61. The molecule has 0 saturated carbocycles. The molecule has 1 aromatic carbocycles. The van der Waals surface area contributed by atoms with E-state index in [0.717, 1.165) is 25.8 Å². The van der Waals surface area contributed by atoms with Crippen LogP contribution in [-0.2, 0) is 4.79 Å². The summed E-state index contributed by atoms with van der Waals surface area (Å²) in [4.78, 5) is 26.4. The Labute approximate surface area is 138 Å². The highest BCUT2D eigenvalue weighted by Crippen LogP contribution is 2.20. The highest BCUT2D eigenvalue weighted by Gasteiger charge is 2.24. The maximum Gasteiger partial charge on any atom is 0.251 e. The van der Waals surface area contributed by atoms with Gasteiger partial charge in [-0.1, -0.05) is 13.0 Å². The Bertz CT molecular complexity index is 545. The van der Waals surface area contributed by atoms with Crippen molar-refractivity contribution >= 4 is 11.8 Å². The first-order chi connectivity index (χ1) is 11.2. The summed E-state index contributed by atoms with van der Waals surface area (Å²) in [5.74, 6) is 0.609. The van der Waals surface area contributed by atoms with Gasteiger partial charge in [0.15, 0.2) is 0 Å². The number of nitrogens with zero attached hydrogens (tertiary/aromatic N) is 1. The molecule has 1 fully saturated rings. The van der Waals surface area contributed by atoms with Crippen molar-refractivity contribution in [2.75, 3.05) is 20.2 Å². The number of benzene rings is 1. The van der Waals surface area contributed by atoms with E-state index in [1.165, 1.54) is 6.42 Å². The lowest BCUT2D eigenvalue weighted by Crippen LogP contribution is -2.44. The Kier molecular flexibility index (Phi) is 6.44. The molecule has 1 saturated heterocycles.